The Bertz CT molecular complexity index is 606. The second kappa shape index (κ2) is 6.44. The largest absolute Gasteiger partial charge is 0.493 e. The average molecular weight is 291 g/mol. The first-order valence-corrected chi connectivity index (χ1v) is 6.54. The van der Waals surface area contributed by atoms with Gasteiger partial charge in [-0.3, -0.25) is 4.79 Å². The number of halogens is 1. The first-order chi connectivity index (χ1) is 9.60. The van der Waals surface area contributed by atoms with Crippen LogP contribution < -0.4 is 9.47 Å². The molecule has 2 rings (SSSR count). The third-order valence-corrected chi connectivity index (χ3v) is 3.13. The summed E-state index contributed by atoms with van der Waals surface area (Å²) in [5, 5.41) is 0.692. The van der Waals surface area contributed by atoms with Crippen molar-refractivity contribution in [3.63, 3.8) is 0 Å². The van der Waals surface area contributed by atoms with Gasteiger partial charge in [0.25, 0.3) is 0 Å². The SMILES string of the molecule is COc1cc(C(C)=O)ccc1OCc1ccc(Cl)cc1. The molecule has 0 fully saturated rings. The van der Waals surface area contributed by atoms with E-state index in [0.29, 0.717) is 28.7 Å². The highest BCUT2D eigenvalue weighted by Crippen LogP contribution is 2.29. The van der Waals surface area contributed by atoms with Gasteiger partial charge in [-0.2, -0.15) is 0 Å². The summed E-state index contributed by atoms with van der Waals surface area (Å²) in [4.78, 5) is 11.3. The molecule has 2 aromatic carbocycles. The Morgan fingerprint density at radius 2 is 1.80 bits per heavy atom. The maximum absolute atomic E-state index is 11.3. The summed E-state index contributed by atoms with van der Waals surface area (Å²) < 4.78 is 11.0. The number of ether oxygens (including phenoxy) is 2. The number of carbonyl (C=O) groups is 1. The Labute approximate surface area is 123 Å². The van der Waals surface area contributed by atoms with Gasteiger partial charge in [0.1, 0.15) is 6.61 Å². The van der Waals surface area contributed by atoms with Crippen LogP contribution in [0, 0.1) is 0 Å². The predicted octanol–water partition coefficient (Wildman–Crippen LogP) is 4.13. The minimum absolute atomic E-state index is 0.00690. The summed E-state index contributed by atoms with van der Waals surface area (Å²) >= 11 is 5.83. The van der Waals surface area contributed by atoms with Gasteiger partial charge in [-0.1, -0.05) is 23.7 Å². The molecule has 2 aromatic rings. The fourth-order valence-corrected chi connectivity index (χ4v) is 1.87. The van der Waals surface area contributed by atoms with Gasteiger partial charge in [-0.15, -0.1) is 0 Å². The van der Waals surface area contributed by atoms with Crippen LogP contribution in [0.1, 0.15) is 22.8 Å². The normalized spacial score (nSPS) is 10.2. The van der Waals surface area contributed by atoms with E-state index in [2.05, 4.69) is 0 Å². The second-order valence-corrected chi connectivity index (χ2v) is 4.77. The lowest BCUT2D eigenvalue weighted by atomic mass is 10.1. The van der Waals surface area contributed by atoms with Crippen molar-refractivity contribution in [1.82, 2.24) is 0 Å². The highest BCUT2D eigenvalue weighted by molar-refractivity contribution is 6.30. The van der Waals surface area contributed by atoms with Crippen molar-refractivity contribution < 1.29 is 14.3 Å². The molecule has 0 amide bonds. The molecule has 0 heterocycles. The molecule has 0 spiro atoms. The predicted molar refractivity (Wildman–Crippen MR) is 78.8 cm³/mol. The number of methoxy groups -OCH3 is 1. The summed E-state index contributed by atoms with van der Waals surface area (Å²) in [6.07, 6.45) is 0. The smallest absolute Gasteiger partial charge is 0.161 e. The first kappa shape index (κ1) is 14.4. The quantitative estimate of drug-likeness (QED) is 0.777. The lowest BCUT2D eigenvalue weighted by molar-refractivity contribution is 0.101. The minimum Gasteiger partial charge on any atom is -0.493 e. The lowest BCUT2D eigenvalue weighted by Gasteiger charge is -2.11. The topological polar surface area (TPSA) is 35.5 Å². The zero-order valence-corrected chi connectivity index (χ0v) is 12.1. The van der Waals surface area contributed by atoms with Gasteiger partial charge in [0.05, 0.1) is 7.11 Å². The number of Topliss-reactive ketones (excluding diaryl/α,β-unsaturated/α-hetero) is 1. The van der Waals surface area contributed by atoms with Crippen LogP contribution in [0.2, 0.25) is 5.02 Å². The summed E-state index contributed by atoms with van der Waals surface area (Å²) in [7, 11) is 1.55. The van der Waals surface area contributed by atoms with Gasteiger partial charge in [0.15, 0.2) is 17.3 Å². The van der Waals surface area contributed by atoms with Crippen molar-refractivity contribution >= 4 is 17.4 Å². The fraction of sp³-hybridized carbons (Fsp3) is 0.188. The molecule has 0 radical (unpaired) electrons. The van der Waals surface area contributed by atoms with Crippen LogP contribution >= 0.6 is 11.6 Å². The number of benzene rings is 2. The Kier molecular flexibility index (Phi) is 4.64. The second-order valence-electron chi connectivity index (χ2n) is 4.34. The van der Waals surface area contributed by atoms with Crippen LogP contribution in [0.15, 0.2) is 42.5 Å². The number of hydrogen-bond donors (Lipinski definition) is 0. The molecule has 0 aliphatic heterocycles. The minimum atomic E-state index is -0.00690. The van der Waals surface area contributed by atoms with E-state index in [0.717, 1.165) is 5.56 Å². The maximum atomic E-state index is 11.3. The zero-order chi connectivity index (χ0) is 14.5. The van der Waals surface area contributed by atoms with E-state index >= 15 is 0 Å². The van der Waals surface area contributed by atoms with Crippen LogP contribution in [0.5, 0.6) is 11.5 Å². The molecule has 104 valence electrons. The highest BCUT2D eigenvalue weighted by atomic mass is 35.5. The third kappa shape index (κ3) is 3.52. The molecule has 0 saturated heterocycles. The van der Waals surface area contributed by atoms with Crippen molar-refractivity contribution in [1.29, 1.82) is 0 Å². The van der Waals surface area contributed by atoms with Gasteiger partial charge < -0.3 is 9.47 Å². The first-order valence-electron chi connectivity index (χ1n) is 6.16. The fourth-order valence-electron chi connectivity index (χ4n) is 1.75. The number of rotatable bonds is 5. The molecule has 0 N–H and O–H groups in total. The molecule has 0 atom stereocenters. The van der Waals surface area contributed by atoms with Gasteiger partial charge in [-0.05, 0) is 42.8 Å². The molecule has 0 aliphatic carbocycles. The van der Waals surface area contributed by atoms with Crippen molar-refractivity contribution in [2.45, 2.75) is 13.5 Å². The Hall–Kier alpha value is -2.00. The van der Waals surface area contributed by atoms with Crippen LogP contribution in [-0.4, -0.2) is 12.9 Å². The van der Waals surface area contributed by atoms with Crippen LogP contribution in [0.25, 0.3) is 0 Å². The Morgan fingerprint density at radius 3 is 2.40 bits per heavy atom. The number of carbonyl (C=O) groups excluding carboxylic acids is 1. The van der Waals surface area contributed by atoms with Crippen molar-refractivity contribution in [3.05, 3.63) is 58.6 Å². The molecule has 0 saturated carbocycles. The summed E-state index contributed by atoms with van der Waals surface area (Å²) in [5.41, 5.74) is 1.60. The van der Waals surface area contributed by atoms with Crippen molar-refractivity contribution in [2.24, 2.45) is 0 Å². The van der Waals surface area contributed by atoms with Crippen LogP contribution in [0.3, 0.4) is 0 Å². The van der Waals surface area contributed by atoms with Crippen LogP contribution in [-0.2, 0) is 6.61 Å². The summed E-state index contributed by atoms with van der Waals surface area (Å²) in [6.45, 7) is 1.93. The van der Waals surface area contributed by atoms with Gasteiger partial charge in [-0.25, -0.2) is 0 Å². The highest BCUT2D eigenvalue weighted by Gasteiger charge is 2.08. The van der Waals surface area contributed by atoms with E-state index in [1.807, 2.05) is 24.3 Å². The summed E-state index contributed by atoms with van der Waals surface area (Å²) in [6, 6.07) is 12.6. The molecular formula is C16H15ClO3. The van der Waals surface area contributed by atoms with E-state index < -0.39 is 0 Å². The van der Waals surface area contributed by atoms with Crippen LogP contribution in [0.4, 0.5) is 0 Å². The molecule has 0 aliphatic rings. The van der Waals surface area contributed by atoms with E-state index in [1.165, 1.54) is 6.92 Å². The molecule has 4 heteroatoms. The molecule has 0 unspecified atom stereocenters. The van der Waals surface area contributed by atoms with Gasteiger partial charge in [0, 0.05) is 10.6 Å². The monoisotopic (exact) mass is 290 g/mol. The van der Waals surface area contributed by atoms with Crippen molar-refractivity contribution in [3.8, 4) is 11.5 Å². The molecule has 0 bridgehead atoms. The van der Waals surface area contributed by atoms with Gasteiger partial charge >= 0.3 is 0 Å². The average Bonchev–Trinajstić information content (AvgIpc) is 2.46. The summed E-state index contributed by atoms with van der Waals surface area (Å²) in [5.74, 6) is 1.15. The molecule has 20 heavy (non-hydrogen) atoms. The Morgan fingerprint density at radius 1 is 1.10 bits per heavy atom. The van der Waals surface area contributed by atoms with E-state index in [4.69, 9.17) is 21.1 Å². The maximum Gasteiger partial charge on any atom is 0.161 e. The number of ketones is 1. The van der Waals surface area contributed by atoms with E-state index in [9.17, 15) is 4.79 Å². The lowest BCUT2D eigenvalue weighted by Crippen LogP contribution is -1.99. The molecular weight excluding hydrogens is 276 g/mol. The molecule has 3 nitrogen and oxygen atoms in total. The van der Waals surface area contributed by atoms with E-state index in [1.54, 1.807) is 25.3 Å². The third-order valence-electron chi connectivity index (χ3n) is 2.88. The van der Waals surface area contributed by atoms with E-state index in [-0.39, 0.29) is 5.78 Å². The van der Waals surface area contributed by atoms with Crippen molar-refractivity contribution in [2.75, 3.05) is 7.11 Å². The number of hydrogen-bond acceptors (Lipinski definition) is 3. The molecule has 0 aromatic heterocycles. The van der Waals surface area contributed by atoms with Gasteiger partial charge in [0.2, 0.25) is 0 Å². The standard InChI is InChI=1S/C16H15ClO3/c1-11(18)13-5-8-15(16(9-13)19-2)20-10-12-3-6-14(17)7-4-12/h3-9H,10H2,1-2H3. The Balaban J connectivity index is 2.12. The zero-order valence-electron chi connectivity index (χ0n) is 11.4.